The van der Waals surface area contributed by atoms with Gasteiger partial charge in [0.1, 0.15) is 5.82 Å². The molecule has 0 saturated carbocycles. The lowest BCUT2D eigenvalue weighted by Crippen LogP contribution is -2.16. The van der Waals surface area contributed by atoms with Crippen molar-refractivity contribution in [1.29, 1.82) is 0 Å². The molecule has 0 atom stereocenters. The van der Waals surface area contributed by atoms with Gasteiger partial charge in [0.2, 0.25) is 5.95 Å². The van der Waals surface area contributed by atoms with Crippen LogP contribution in [0.5, 0.6) is 0 Å². The van der Waals surface area contributed by atoms with Gasteiger partial charge in [-0.1, -0.05) is 39.7 Å². The summed E-state index contributed by atoms with van der Waals surface area (Å²) in [6.45, 7) is 1.91. The second-order valence-corrected chi connectivity index (χ2v) is 8.63. The number of nitrogens with one attached hydrogen (secondary N) is 1. The summed E-state index contributed by atoms with van der Waals surface area (Å²) in [4.78, 5) is 8.75. The van der Waals surface area contributed by atoms with Crippen LogP contribution in [0.4, 0.5) is 5.82 Å². The van der Waals surface area contributed by atoms with Gasteiger partial charge in [0, 0.05) is 22.3 Å². The lowest BCUT2D eigenvalue weighted by molar-refractivity contribution is 0.601. The fraction of sp³-hybridized carbons (Fsp3) is 0.0526. The summed E-state index contributed by atoms with van der Waals surface area (Å²) in [6.07, 6.45) is 3.23. The van der Waals surface area contributed by atoms with Crippen LogP contribution in [0.15, 0.2) is 76.4 Å². The molecule has 136 valence electrons. The van der Waals surface area contributed by atoms with Crippen LogP contribution in [0.2, 0.25) is 0 Å². The van der Waals surface area contributed by atoms with Crippen LogP contribution in [0, 0.1) is 6.92 Å². The van der Waals surface area contributed by atoms with E-state index in [1.165, 1.54) is 0 Å². The van der Waals surface area contributed by atoms with Crippen LogP contribution < -0.4 is 4.72 Å². The summed E-state index contributed by atoms with van der Waals surface area (Å²) in [7, 11) is -3.76. The molecule has 1 N–H and O–H groups in total. The molecule has 0 bridgehead atoms. The Bertz CT molecular complexity index is 1220. The average molecular weight is 443 g/mol. The summed E-state index contributed by atoms with van der Waals surface area (Å²) in [6, 6.07) is 15.9. The average Bonchev–Trinajstić information content (AvgIpc) is 2.99. The van der Waals surface area contributed by atoms with Gasteiger partial charge in [-0.3, -0.25) is 9.29 Å². The first-order chi connectivity index (χ1) is 12.9. The van der Waals surface area contributed by atoms with Gasteiger partial charge in [-0.05, 0) is 43.3 Å². The van der Waals surface area contributed by atoms with Crippen LogP contribution in [0.3, 0.4) is 0 Å². The van der Waals surface area contributed by atoms with Gasteiger partial charge >= 0.3 is 0 Å². The number of anilines is 1. The molecule has 0 unspecified atom stereocenters. The van der Waals surface area contributed by atoms with Crippen LogP contribution in [0.25, 0.3) is 16.9 Å². The predicted octanol–water partition coefficient (Wildman–Crippen LogP) is 4.29. The maximum atomic E-state index is 12.9. The standard InChI is InChI=1S/C19H15BrN4O2S/c1-13-3-7-16(8-4-13)27(25,26)23-18-11-14-5-6-15(20)12-17(14)24(18)19-21-9-2-10-22-19/h2-12,23H,1H3. The third-order valence-corrected chi connectivity index (χ3v) is 5.95. The minimum absolute atomic E-state index is 0.195. The quantitative estimate of drug-likeness (QED) is 0.511. The molecule has 2 aromatic heterocycles. The van der Waals surface area contributed by atoms with Crippen molar-refractivity contribution in [2.75, 3.05) is 4.72 Å². The first-order valence-corrected chi connectivity index (χ1v) is 10.4. The van der Waals surface area contributed by atoms with E-state index in [9.17, 15) is 8.42 Å². The third-order valence-electron chi connectivity index (χ3n) is 4.09. The van der Waals surface area contributed by atoms with Gasteiger partial charge in [-0.2, -0.15) is 0 Å². The topological polar surface area (TPSA) is 76.9 Å². The summed E-state index contributed by atoms with van der Waals surface area (Å²) >= 11 is 3.46. The van der Waals surface area contributed by atoms with E-state index in [4.69, 9.17) is 0 Å². The SMILES string of the molecule is Cc1ccc(S(=O)(=O)Nc2cc3ccc(Br)cc3n2-c2ncccn2)cc1. The molecule has 0 aliphatic carbocycles. The van der Waals surface area contributed by atoms with E-state index in [-0.39, 0.29) is 4.90 Å². The smallest absolute Gasteiger partial charge is 0.263 e. The maximum Gasteiger partial charge on any atom is 0.263 e. The van der Waals surface area contributed by atoms with E-state index in [1.54, 1.807) is 53.4 Å². The Labute approximate surface area is 165 Å². The van der Waals surface area contributed by atoms with E-state index < -0.39 is 10.0 Å². The van der Waals surface area contributed by atoms with Crippen molar-refractivity contribution in [3.05, 3.63) is 77.0 Å². The fourth-order valence-electron chi connectivity index (χ4n) is 2.79. The number of fused-ring (bicyclic) bond motifs is 1. The molecule has 0 aliphatic heterocycles. The largest absolute Gasteiger partial charge is 0.264 e. The van der Waals surface area contributed by atoms with Crippen molar-refractivity contribution in [2.24, 2.45) is 0 Å². The molecule has 0 saturated heterocycles. The first kappa shape index (κ1) is 17.7. The molecule has 0 radical (unpaired) electrons. The minimum atomic E-state index is -3.76. The lowest BCUT2D eigenvalue weighted by atomic mass is 10.2. The van der Waals surface area contributed by atoms with Crippen LogP contribution in [-0.2, 0) is 10.0 Å². The Hall–Kier alpha value is -2.71. The van der Waals surface area contributed by atoms with Crippen molar-refractivity contribution >= 4 is 42.7 Å². The second kappa shape index (κ2) is 6.79. The van der Waals surface area contributed by atoms with Crippen molar-refractivity contribution in [1.82, 2.24) is 14.5 Å². The zero-order chi connectivity index (χ0) is 19.0. The Balaban J connectivity index is 1.88. The highest BCUT2D eigenvalue weighted by Crippen LogP contribution is 2.30. The molecule has 0 fully saturated rings. The molecule has 2 aromatic carbocycles. The fourth-order valence-corrected chi connectivity index (χ4v) is 4.17. The molecule has 27 heavy (non-hydrogen) atoms. The zero-order valence-corrected chi connectivity index (χ0v) is 16.7. The summed E-state index contributed by atoms with van der Waals surface area (Å²) in [5.41, 5.74) is 1.78. The molecular weight excluding hydrogens is 428 g/mol. The number of sulfonamides is 1. The number of nitrogens with zero attached hydrogens (tertiary/aromatic N) is 3. The second-order valence-electron chi connectivity index (χ2n) is 6.04. The van der Waals surface area contributed by atoms with Gasteiger partial charge in [-0.15, -0.1) is 0 Å². The van der Waals surface area contributed by atoms with Gasteiger partial charge in [-0.25, -0.2) is 18.4 Å². The number of benzene rings is 2. The number of aromatic nitrogens is 3. The van der Waals surface area contributed by atoms with Gasteiger partial charge < -0.3 is 0 Å². The molecular formula is C19H15BrN4O2S. The van der Waals surface area contributed by atoms with Crippen molar-refractivity contribution in [3.8, 4) is 5.95 Å². The third kappa shape index (κ3) is 3.45. The maximum absolute atomic E-state index is 12.9. The van der Waals surface area contributed by atoms with Crippen molar-refractivity contribution in [3.63, 3.8) is 0 Å². The van der Waals surface area contributed by atoms with E-state index in [1.807, 2.05) is 25.1 Å². The number of halogens is 1. The molecule has 2 heterocycles. The molecule has 0 spiro atoms. The summed E-state index contributed by atoms with van der Waals surface area (Å²) < 4.78 is 31.0. The van der Waals surface area contributed by atoms with E-state index in [0.29, 0.717) is 11.8 Å². The number of aryl methyl sites for hydroxylation is 1. The molecule has 6 nitrogen and oxygen atoms in total. The Morgan fingerprint density at radius 2 is 1.70 bits per heavy atom. The molecule has 0 amide bonds. The highest BCUT2D eigenvalue weighted by Gasteiger charge is 2.20. The monoisotopic (exact) mass is 442 g/mol. The highest BCUT2D eigenvalue weighted by molar-refractivity contribution is 9.10. The Morgan fingerprint density at radius 1 is 1.00 bits per heavy atom. The number of rotatable bonds is 4. The van der Waals surface area contributed by atoms with Gasteiger partial charge in [0.25, 0.3) is 10.0 Å². The molecule has 4 aromatic rings. The van der Waals surface area contributed by atoms with Gasteiger partial charge in [0.05, 0.1) is 10.4 Å². The van der Waals surface area contributed by atoms with Crippen molar-refractivity contribution in [2.45, 2.75) is 11.8 Å². The predicted molar refractivity (Wildman–Crippen MR) is 109 cm³/mol. The Morgan fingerprint density at radius 3 is 2.41 bits per heavy atom. The van der Waals surface area contributed by atoms with Crippen LogP contribution in [-0.4, -0.2) is 23.0 Å². The van der Waals surface area contributed by atoms with Crippen molar-refractivity contribution < 1.29 is 8.42 Å². The molecule has 4 rings (SSSR count). The summed E-state index contributed by atoms with van der Waals surface area (Å²) in [5.74, 6) is 0.752. The lowest BCUT2D eigenvalue weighted by Gasteiger charge is -2.12. The highest BCUT2D eigenvalue weighted by atomic mass is 79.9. The van der Waals surface area contributed by atoms with E-state index in [0.717, 1.165) is 20.9 Å². The first-order valence-electron chi connectivity index (χ1n) is 8.12. The van der Waals surface area contributed by atoms with E-state index >= 15 is 0 Å². The number of hydrogen-bond acceptors (Lipinski definition) is 4. The van der Waals surface area contributed by atoms with Crippen LogP contribution in [0.1, 0.15) is 5.56 Å². The van der Waals surface area contributed by atoms with E-state index in [2.05, 4.69) is 30.6 Å². The molecule has 8 heteroatoms. The number of hydrogen-bond donors (Lipinski definition) is 1. The summed E-state index contributed by atoms with van der Waals surface area (Å²) in [5, 5.41) is 0.868. The molecule has 0 aliphatic rings. The Kier molecular flexibility index (Phi) is 4.45. The van der Waals surface area contributed by atoms with Crippen LogP contribution >= 0.6 is 15.9 Å². The van der Waals surface area contributed by atoms with Gasteiger partial charge in [0.15, 0.2) is 0 Å². The zero-order valence-electron chi connectivity index (χ0n) is 14.3. The normalized spacial score (nSPS) is 11.6. The minimum Gasteiger partial charge on any atom is -0.264 e.